The van der Waals surface area contributed by atoms with Gasteiger partial charge in [0.05, 0.1) is 33.0 Å². The zero-order valence-electron chi connectivity index (χ0n) is 23.4. The number of ether oxygens (including phenoxy) is 1. The molecule has 0 saturated carbocycles. The molecule has 0 aliphatic heterocycles. The van der Waals surface area contributed by atoms with Crippen molar-refractivity contribution in [3.8, 4) is 17.0 Å². The largest absolute Gasteiger partial charge is 0.488 e. The van der Waals surface area contributed by atoms with E-state index in [-0.39, 0.29) is 12.5 Å². The Kier molecular flexibility index (Phi) is 9.37. The summed E-state index contributed by atoms with van der Waals surface area (Å²) in [6, 6.07) is 30.5. The molecule has 5 aromatic rings. The molecule has 0 unspecified atom stereocenters. The van der Waals surface area contributed by atoms with Gasteiger partial charge in [-0.25, -0.2) is 10.4 Å². The normalized spacial score (nSPS) is 11.1. The van der Waals surface area contributed by atoms with Crippen LogP contribution in [0, 0.1) is 0 Å². The van der Waals surface area contributed by atoms with Crippen molar-refractivity contribution in [1.29, 1.82) is 0 Å². The van der Waals surface area contributed by atoms with E-state index in [4.69, 9.17) is 32.9 Å². The number of nitrogens with zero attached hydrogens (tertiary/aromatic N) is 3. The van der Waals surface area contributed by atoms with Gasteiger partial charge in [-0.1, -0.05) is 77.8 Å². The van der Waals surface area contributed by atoms with Gasteiger partial charge >= 0.3 is 0 Å². The summed E-state index contributed by atoms with van der Waals surface area (Å²) in [5, 5.41) is 6.02. The van der Waals surface area contributed by atoms with E-state index in [1.54, 1.807) is 24.4 Å². The van der Waals surface area contributed by atoms with Crippen LogP contribution in [0.3, 0.4) is 0 Å². The van der Waals surface area contributed by atoms with Crippen molar-refractivity contribution in [3.05, 3.63) is 124 Å². The quantitative estimate of drug-likeness (QED) is 0.130. The number of halogens is 2. The van der Waals surface area contributed by atoms with Crippen molar-refractivity contribution >= 4 is 51.9 Å². The highest BCUT2D eigenvalue weighted by Crippen LogP contribution is 2.28. The van der Waals surface area contributed by atoms with Gasteiger partial charge in [-0.15, -0.1) is 0 Å². The molecule has 0 fully saturated rings. The number of para-hydroxylation sites is 1. The highest BCUT2D eigenvalue weighted by atomic mass is 35.5. The van der Waals surface area contributed by atoms with Crippen molar-refractivity contribution in [3.63, 3.8) is 0 Å². The van der Waals surface area contributed by atoms with E-state index in [2.05, 4.69) is 29.3 Å². The number of fused-ring (bicyclic) bond motifs is 1. The van der Waals surface area contributed by atoms with E-state index in [1.807, 2.05) is 78.9 Å². The first-order valence-corrected chi connectivity index (χ1v) is 14.5. The van der Waals surface area contributed by atoms with Gasteiger partial charge in [-0.3, -0.25) is 4.79 Å². The molecule has 8 heteroatoms. The number of amides is 1. The summed E-state index contributed by atoms with van der Waals surface area (Å²) in [5.74, 6) is 0.296. The Morgan fingerprint density at radius 1 is 0.905 bits per heavy atom. The van der Waals surface area contributed by atoms with Crippen molar-refractivity contribution in [2.75, 3.05) is 18.0 Å². The highest BCUT2D eigenvalue weighted by molar-refractivity contribution is 6.42. The van der Waals surface area contributed by atoms with Crippen molar-refractivity contribution < 1.29 is 9.53 Å². The fourth-order valence-corrected chi connectivity index (χ4v) is 4.99. The Balaban J connectivity index is 1.41. The molecule has 4 aromatic carbocycles. The van der Waals surface area contributed by atoms with Crippen LogP contribution in [0.4, 0.5) is 5.69 Å². The van der Waals surface area contributed by atoms with Crippen LogP contribution in [-0.4, -0.2) is 30.2 Å². The summed E-state index contributed by atoms with van der Waals surface area (Å²) in [6.45, 7) is 6.22. The average molecular weight is 598 g/mol. The van der Waals surface area contributed by atoms with Crippen LogP contribution in [0.1, 0.15) is 35.3 Å². The van der Waals surface area contributed by atoms with E-state index < -0.39 is 0 Å². The Bertz CT molecular complexity index is 1740. The van der Waals surface area contributed by atoms with Gasteiger partial charge in [0, 0.05) is 41.4 Å². The number of pyridine rings is 1. The number of carbonyl (C=O) groups excluding carboxylic acids is 1. The maximum atomic E-state index is 13.4. The van der Waals surface area contributed by atoms with Gasteiger partial charge in [0.2, 0.25) is 0 Å². The monoisotopic (exact) mass is 596 g/mol. The molecule has 1 heterocycles. The second-order valence-electron chi connectivity index (χ2n) is 9.57. The van der Waals surface area contributed by atoms with Gasteiger partial charge in [-0.05, 0) is 55.8 Å². The van der Waals surface area contributed by atoms with Crippen LogP contribution in [-0.2, 0) is 6.61 Å². The molecule has 0 saturated heterocycles. The van der Waals surface area contributed by atoms with E-state index in [1.165, 1.54) is 0 Å². The van der Waals surface area contributed by atoms with Crippen molar-refractivity contribution in [1.82, 2.24) is 10.4 Å². The number of hydrazone groups is 1. The Hall–Kier alpha value is -4.39. The zero-order valence-corrected chi connectivity index (χ0v) is 24.9. The SMILES string of the molecule is CCN(CC)c1ccc(/C=N\NC(=O)c2cc(-c3ccccc3)nc3ccccc23)c(OCc2ccc(Cl)c(Cl)c2)c1. The lowest BCUT2D eigenvalue weighted by molar-refractivity contribution is 0.0956. The topological polar surface area (TPSA) is 66.8 Å². The lowest BCUT2D eigenvalue weighted by Crippen LogP contribution is -2.22. The van der Waals surface area contributed by atoms with Gasteiger partial charge < -0.3 is 9.64 Å². The number of nitrogens with one attached hydrogen (secondary N) is 1. The fraction of sp³-hybridized carbons (Fsp3) is 0.147. The molecule has 0 aliphatic rings. The van der Waals surface area contributed by atoms with E-state index in [0.29, 0.717) is 27.1 Å². The second kappa shape index (κ2) is 13.5. The Morgan fingerprint density at radius 3 is 2.43 bits per heavy atom. The summed E-state index contributed by atoms with van der Waals surface area (Å²) in [4.78, 5) is 20.4. The number of hydrogen-bond donors (Lipinski definition) is 1. The molecule has 42 heavy (non-hydrogen) atoms. The third-order valence-corrected chi connectivity index (χ3v) is 7.64. The summed E-state index contributed by atoms with van der Waals surface area (Å²) in [5.41, 5.74) is 8.20. The van der Waals surface area contributed by atoms with E-state index >= 15 is 0 Å². The number of rotatable bonds is 10. The van der Waals surface area contributed by atoms with Crippen LogP contribution in [0.15, 0.2) is 102 Å². The van der Waals surface area contributed by atoms with Crippen LogP contribution >= 0.6 is 23.2 Å². The number of anilines is 1. The summed E-state index contributed by atoms with van der Waals surface area (Å²) < 4.78 is 6.22. The number of hydrogen-bond acceptors (Lipinski definition) is 5. The molecular formula is C34H30Cl2N4O2. The minimum absolute atomic E-state index is 0.289. The second-order valence-corrected chi connectivity index (χ2v) is 10.4. The molecule has 1 amide bonds. The predicted molar refractivity (Wildman–Crippen MR) is 173 cm³/mol. The molecule has 0 spiro atoms. The lowest BCUT2D eigenvalue weighted by atomic mass is 10.0. The summed E-state index contributed by atoms with van der Waals surface area (Å²) in [7, 11) is 0. The zero-order chi connectivity index (χ0) is 29.5. The Labute approximate surface area is 255 Å². The molecule has 1 aromatic heterocycles. The number of aromatic nitrogens is 1. The van der Waals surface area contributed by atoms with E-state index in [0.717, 1.165) is 46.4 Å². The van der Waals surface area contributed by atoms with Gasteiger partial charge in [0.15, 0.2) is 0 Å². The minimum Gasteiger partial charge on any atom is -0.488 e. The molecule has 0 bridgehead atoms. The van der Waals surface area contributed by atoms with Crippen LogP contribution in [0.25, 0.3) is 22.2 Å². The lowest BCUT2D eigenvalue weighted by Gasteiger charge is -2.22. The maximum absolute atomic E-state index is 13.4. The predicted octanol–water partition coefficient (Wildman–Crippen LogP) is 8.40. The number of carbonyl (C=O) groups is 1. The first kappa shape index (κ1) is 29.1. The van der Waals surface area contributed by atoms with Crippen LogP contribution in [0.5, 0.6) is 5.75 Å². The molecule has 0 radical (unpaired) electrons. The fourth-order valence-electron chi connectivity index (χ4n) is 4.67. The van der Waals surface area contributed by atoms with Crippen LogP contribution < -0.4 is 15.1 Å². The third kappa shape index (κ3) is 6.73. The molecule has 212 valence electrons. The van der Waals surface area contributed by atoms with Crippen molar-refractivity contribution in [2.24, 2.45) is 5.10 Å². The standard InChI is InChI=1S/C34H30Cl2N4O2/c1-3-40(4-2)26-16-15-25(33(19-26)42-22-23-14-17-29(35)30(36)18-23)21-37-39-34(41)28-20-32(24-10-6-5-7-11-24)38-31-13-9-8-12-27(28)31/h5-21H,3-4,22H2,1-2H3,(H,39,41)/b37-21-. The number of benzene rings is 4. The summed E-state index contributed by atoms with van der Waals surface area (Å²) in [6.07, 6.45) is 1.59. The highest BCUT2D eigenvalue weighted by Gasteiger charge is 2.14. The van der Waals surface area contributed by atoms with Crippen LogP contribution in [0.2, 0.25) is 10.0 Å². The molecule has 6 nitrogen and oxygen atoms in total. The molecule has 5 rings (SSSR count). The molecule has 0 aliphatic carbocycles. The smallest absolute Gasteiger partial charge is 0.272 e. The van der Waals surface area contributed by atoms with E-state index in [9.17, 15) is 4.79 Å². The van der Waals surface area contributed by atoms with Gasteiger partial charge in [0.25, 0.3) is 5.91 Å². The van der Waals surface area contributed by atoms with Gasteiger partial charge in [0.1, 0.15) is 12.4 Å². The minimum atomic E-state index is -0.333. The third-order valence-electron chi connectivity index (χ3n) is 6.90. The first-order valence-electron chi connectivity index (χ1n) is 13.7. The summed E-state index contributed by atoms with van der Waals surface area (Å²) >= 11 is 12.3. The molecule has 0 atom stereocenters. The Morgan fingerprint density at radius 2 is 1.67 bits per heavy atom. The maximum Gasteiger partial charge on any atom is 0.272 e. The first-order chi connectivity index (χ1) is 20.5. The molecular weight excluding hydrogens is 567 g/mol. The van der Waals surface area contributed by atoms with Crippen molar-refractivity contribution in [2.45, 2.75) is 20.5 Å². The van der Waals surface area contributed by atoms with Gasteiger partial charge in [-0.2, -0.15) is 5.10 Å². The average Bonchev–Trinajstić information content (AvgIpc) is 3.02. The molecule has 1 N–H and O–H groups in total.